The van der Waals surface area contributed by atoms with E-state index in [9.17, 15) is 0 Å². The average Bonchev–Trinajstić information content (AvgIpc) is 2.38. The maximum Gasteiger partial charge on any atom is 0.0227 e. The third-order valence-electron chi connectivity index (χ3n) is 3.12. The normalized spacial score (nSPS) is 10.9. The van der Waals surface area contributed by atoms with Gasteiger partial charge in [-0.1, -0.05) is 49.4 Å². The first-order valence-electron chi connectivity index (χ1n) is 6.52. The molecule has 0 heterocycles. The summed E-state index contributed by atoms with van der Waals surface area (Å²) in [6.45, 7) is 3.17. The van der Waals surface area contributed by atoms with Gasteiger partial charge in [0.1, 0.15) is 0 Å². The second kappa shape index (κ2) is 5.83. The maximum absolute atomic E-state index is 2.28. The lowest BCUT2D eigenvalue weighted by atomic mass is 10.0. The van der Waals surface area contributed by atoms with Crippen molar-refractivity contribution >= 4 is 0 Å². The Hall–Kier alpha value is -1.60. The number of benzene rings is 2. The fourth-order valence-electron chi connectivity index (χ4n) is 2.15. The summed E-state index contributed by atoms with van der Waals surface area (Å²) >= 11 is 0. The second-order valence-electron chi connectivity index (χ2n) is 4.99. The van der Waals surface area contributed by atoms with Crippen LogP contribution in [0.25, 0.3) is 11.1 Å². The molecule has 0 bridgehead atoms. The molecule has 0 aromatic heterocycles. The van der Waals surface area contributed by atoms with Gasteiger partial charge in [-0.2, -0.15) is 0 Å². The molecule has 0 fully saturated rings. The third kappa shape index (κ3) is 3.21. The first-order chi connectivity index (χ1) is 8.69. The molecular weight excluding hydrogens is 218 g/mol. The molecule has 0 radical (unpaired) electrons. The summed E-state index contributed by atoms with van der Waals surface area (Å²) in [5.41, 5.74) is 5.35. The van der Waals surface area contributed by atoms with Crippen molar-refractivity contribution in [1.82, 2.24) is 4.90 Å². The summed E-state index contributed by atoms with van der Waals surface area (Å²) in [6.07, 6.45) is 1.10. The van der Waals surface area contributed by atoms with Crippen LogP contribution < -0.4 is 0 Å². The molecular formula is C17H21N. The van der Waals surface area contributed by atoms with Gasteiger partial charge in [0.15, 0.2) is 0 Å². The van der Waals surface area contributed by atoms with E-state index < -0.39 is 0 Å². The monoisotopic (exact) mass is 239 g/mol. The second-order valence-corrected chi connectivity index (χ2v) is 4.99. The zero-order chi connectivity index (χ0) is 13.0. The Balaban J connectivity index is 2.26. The van der Waals surface area contributed by atoms with Crippen LogP contribution in [0.4, 0.5) is 0 Å². The van der Waals surface area contributed by atoms with Gasteiger partial charge in [0.25, 0.3) is 0 Å². The summed E-state index contributed by atoms with van der Waals surface area (Å²) in [5.74, 6) is 0. The summed E-state index contributed by atoms with van der Waals surface area (Å²) < 4.78 is 0. The Morgan fingerprint density at radius 1 is 0.833 bits per heavy atom. The molecule has 0 amide bonds. The van der Waals surface area contributed by atoms with Crippen LogP contribution in [0.2, 0.25) is 0 Å². The minimum Gasteiger partial charge on any atom is -0.305 e. The van der Waals surface area contributed by atoms with Crippen LogP contribution in [-0.4, -0.2) is 19.0 Å². The van der Waals surface area contributed by atoms with Crippen molar-refractivity contribution in [2.24, 2.45) is 0 Å². The smallest absolute Gasteiger partial charge is 0.0227 e. The summed E-state index contributed by atoms with van der Waals surface area (Å²) in [6, 6.07) is 17.6. The van der Waals surface area contributed by atoms with Crippen LogP contribution in [0, 0.1) is 0 Å². The van der Waals surface area contributed by atoms with Gasteiger partial charge in [0.05, 0.1) is 0 Å². The van der Waals surface area contributed by atoms with Gasteiger partial charge in [-0.05, 0) is 48.8 Å². The van der Waals surface area contributed by atoms with Crippen molar-refractivity contribution in [2.75, 3.05) is 14.1 Å². The van der Waals surface area contributed by atoms with E-state index in [-0.39, 0.29) is 0 Å². The Labute approximate surface area is 110 Å². The van der Waals surface area contributed by atoms with Crippen LogP contribution in [0.5, 0.6) is 0 Å². The van der Waals surface area contributed by atoms with Crippen LogP contribution >= 0.6 is 0 Å². The number of nitrogens with zero attached hydrogens (tertiary/aromatic N) is 1. The molecule has 0 unspecified atom stereocenters. The van der Waals surface area contributed by atoms with E-state index in [4.69, 9.17) is 0 Å². The summed E-state index contributed by atoms with van der Waals surface area (Å²) in [7, 11) is 4.20. The lowest BCUT2D eigenvalue weighted by Crippen LogP contribution is -2.10. The number of rotatable bonds is 4. The van der Waals surface area contributed by atoms with Crippen LogP contribution in [0.1, 0.15) is 18.1 Å². The third-order valence-corrected chi connectivity index (χ3v) is 3.12. The van der Waals surface area contributed by atoms with Gasteiger partial charge in [0, 0.05) is 6.54 Å². The first kappa shape index (κ1) is 12.8. The molecule has 1 heteroatoms. The van der Waals surface area contributed by atoms with Gasteiger partial charge in [0.2, 0.25) is 0 Å². The number of hydrogen-bond donors (Lipinski definition) is 0. The van der Waals surface area contributed by atoms with E-state index in [2.05, 4.69) is 74.4 Å². The predicted octanol–water partition coefficient (Wildman–Crippen LogP) is 3.98. The van der Waals surface area contributed by atoms with E-state index in [0.717, 1.165) is 13.0 Å². The van der Waals surface area contributed by atoms with Crippen molar-refractivity contribution in [1.29, 1.82) is 0 Å². The van der Waals surface area contributed by atoms with E-state index in [1.54, 1.807) is 0 Å². The lowest BCUT2D eigenvalue weighted by molar-refractivity contribution is 0.402. The number of aryl methyl sites for hydroxylation is 1. The predicted molar refractivity (Wildman–Crippen MR) is 78.6 cm³/mol. The van der Waals surface area contributed by atoms with Gasteiger partial charge < -0.3 is 4.90 Å². The van der Waals surface area contributed by atoms with Crippen molar-refractivity contribution in [3.05, 3.63) is 59.7 Å². The summed E-state index contributed by atoms with van der Waals surface area (Å²) in [4.78, 5) is 2.19. The highest BCUT2D eigenvalue weighted by atomic mass is 15.0. The van der Waals surface area contributed by atoms with Crippen molar-refractivity contribution in [3.8, 4) is 11.1 Å². The topological polar surface area (TPSA) is 3.24 Å². The highest BCUT2D eigenvalue weighted by molar-refractivity contribution is 5.64. The molecule has 2 aromatic rings. The Bertz CT molecular complexity index is 497. The molecule has 0 saturated heterocycles. The van der Waals surface area contributed by atoms with E-state index >= 15 is 0 Å². The Morgan fingerprint density at radius 2 is 1.56 bits per heavy atom. The molecule has 2 rings (SSSR count). The Morgan fingerprint density at radius 3 is 2.17 bits per heavy atom. The first-order valence-corrected chi connectivity index (χ1v) is 6.52. The molecule has 0 aliphatic heterocycles. The average molecular weight is 239 g/mol. The molecule has 2 aromatic carbocycles. The molecule has 18 heavy (non-hydrogen) atoms. The highest BCUT2D eigenvalue weighted by Gasteiger charge is 2.00. The molecule has 0 saturated carbocycles. The van der Waals surface area contributed by atoms with Crippen LogP contribution in [0.15, 0.2) is 48.5 Å². The molecule has 1 nitrogen and oxygen atoms in total. The van der Waals surface area contributed by atoms with Gasteiger partial charge >= 0.3 is 0 Å². The Kier molecular flexibility index (Phi) is 4.16. The van der Waals surface area contributed by atoms with Crippen molar-refractivity contribution in [2.45, 2.75) is 19.9 Å². The fourth-order valence-corrected chi connectivity index (χ4v) is 2.15. The molecule has 94 valence electrons. The largest absolute Gasteiger partial charge is 0.305 e. The van der Waals surface area contributed by atoms with Gasteiger partial charge in [-0.25, -0.2) is 0 Å². The van der Waals surface area contributed by atoms with Gasteiger partial charge in [-0.3, -0.25) is 0 Å². The van der Waals surface area contributed by atoms with E-state index in [0.29, 0.717) is 0 Å². The minimum atomic E-state index is 0.987. The minimum absolute atomic E-state index is 0.987. The van der Waals surface area contributed by atoms with Gasteiger partial charge in [-0.15, -0.1) is 0 Å². The van der Waals surface area contributed by atoms with Crippen molar-refractivity contribution in [3.63, 3.8) is 0 Å². The molecule has 0 atom stereocenters. The molecule has 0 aliphatic carbocycles. The zero-order valence-electron chi connectivity index (χ0n) is 11.5. The molecule has 0 N–H and O–H groups in total. The molecule has 0 aliphatic rings. The highest BCUT2D eigenvalue weighted by Crippen LogP contribution is 2.21. The number of hydrogen-bond acceptors (Lipinski definition) is 1. The van der Waals surface area contributed by atoms with E-state index in [1.165, 1.54) is 22.3 Å². The van der Waals surface area contributed by atoms with Crippen LogP contribution in [-0.2, 0) is 13.0 Å². The quantitative estimate of drug-likeness (QED) is 0.780. The van der Waals surface area contributed by atoms with E-state index in [1.807, 2.05) is 0 Å². The van der Waals surface area contributed by atoms with Crippen molar-refractivity contribution < 1.29 is 0 Å². The fraction of sp³-hybridized carbons (Fsp3) is 0.294. The molecule has 0 spiro atoms. The lowest BCUT2D eigenvalue weighted by Gasteiger charge is -2.11. The van der Waals surface area contributed by atoms with Crippen LogP contribution in [0.3, 0.4) is 0 Å². The SMILES string of the molecule is CCc1ccc(-c2cccc(CN(C)C)c2)cc1. The standard InChI is InChI=1S/C17H21N/c1-4-14-8-10-16(11-9-14)17-7-5-6-15(12-17)13-18(2)3/h5-12H,4,13H2,1-3H3. The maximum atomic E-state index is 2.28. The summed E-state index contributed by atoms with van der Waals surface area (Å²) in [5, 5.41) is 0. The zero-order valence-corrected chi connectivity index (χ0v) is 11.5.